The fourth-order valence-corrected chi connectivity index (χ4v) is 2.07. The standard InChI is InChI=1S/C10H17NO.ClH/c1-9(2)3-5-10(6-4-9)7-8-11-12-10;/h8H,3-7H2,1-2H3;1H. The van der Waals surface area contributed by atoms with Gasteiger partial charge in [-0.05, 0) is 31.1 Å². The predicted octanol–water partition coefficient (Wildman–Crippen LogP) is 3.15. The van der Waals surface area contributed by atoms with E-state index in [1.54, 1.807) is 0 Å². The molecule has 1 aliphatic heterocycles. The van der Waals surface area contributed by atoms with Crippen LogP contribution in [0.1, 0.15) is 46.0 Å². The van der Waals surface area contributed by atoms with Crippen molar-refractivity contribution in [1.82, 2.24) is 0 Å². The van der Waals surface area contributed by atoms with Gasteiger partial charge in [-0.3, -0.25) is 0 Å². The van der Waals surface area contributed by atoms with Gasteiger partial charge in [0.2, 0.25) is 0 Å². The lowest BCUT2D eigenvalue weighted by Crippen LogP contribution is -2.36. The highest BCUT2D eigenvalue weighted by atomic mass is 35.5. The lowest BCUT2D eigenvalue weighted by Gasteiger charge is -2.39. The van der Waals surface area contributed by atoms with Crippen LogP contribution in [0.15, 0.2) is 5.16 Å². The Kier molecular flexibility index (Phi) is 2.91. The molecule has 0 amide bonds. The highest BCUT2D eigenvalue weighted by molar-refractivity contribution is 5.85. The van der Waals surface area contributed by atoms with Gasteiger partial charge in [-0.15, -0.1) is 12.4 Å². The molecule has 1 spiro atoms. The van der Waals surface area contributed by atoms with Gasteiger partial charge in [0.15, 0.2) is 0 Å². The van der Waals surface area contributed by atoms with Crippen LogP contribution >= 0.6 is 12.4 Å². The zero-order chi connectivity index (χ0) is 8.66. The highest BCUT2D eigenvalue weighted by Crippen LogP contribution is 2.44. The number of hydrogen-bond acceptors (Lipinski definition) is 2. The Bertz CT molecular complexity index is 193. The Labute approximate surface area is 86.1 Å². The van der Waals surface area contributed by atoms with E-state index >= 15 is 0 Å². The molecule has 2 rings (SSSR count). The average Bonchev–Trinajstić information content (AvgIpc) is 2.46. The zero-order valence-corrected chi connectivity index (χ0v) is 9.19. The van der Waals surface area contributed by atoms with Gasteiger partial charge in [0.1, 0.15) is 5.60 Å². The first-order chi connectivity index (χ1) is 5.62. The zero-order valence-electron chi connectivity index (χ0n) is 8.38. The van der Waals surface area contributed by atoms with Crippen molar-refractivity contribution in [2.24, 2.45) is 10.6 Å². The molecule has 13 heavy (non-hydrogen) atoms. The van der Waals surface area contributed by atoms with Gasteiger partial charge in [-0.25, -0.2) is 0 Å². The largest absolute Gasteiger partial charge is 0.389 e. The summed E-state index contributed by atoms with van der Waals surface area (Å²) in [6.07, 6.45) is 7.86. The predicted molar refractivity (Wildman–Crippen MR) is 56.4 cm³/mol. The molecule has 0 bridgehead atoms. The van der Waals surface area contributed by atoms with E-state index < -0.39 is 0 Å². The normalized spacial score (nSPS) is 28.2. The topological polar surface area (TPSA) is 21.6 Å². The van der Waals surface area contributed by atoms with Gasteiger partial charge in [0.05, 0.1) is 0 Å². The molecule has 2 aliphatic rings. The third kappa shape index (κ3) is 2.16. The van der Waals surface area contributed by atoms with E-state index in [1.807, 2.05) is 6.21 Å². The molecule has 0 atom stereocenters. The minimum atomic E-state index is 0. The molecular weight excluding hydrogens is 186 g/mol. The summed E-state index contributed by atoms with van der Waals surface area (Å²) < 4.78 is 0. The summed E-state index contributed by atoms with van der Waals surface area (Å²) in [7, 11) is 0. The first kappa shape index (κ1) is 10.8. The third-order valence-electron chi connectivity index (χ3n) is 3.30. The molecule has 76 valence electrons. The van der Waals surface area contributed by atoms with Crippen molar-refractivity contribution in [2.75, 3.05) is 0 Å². The van der Waals surface area contributed by atoms with E-state index in [9.17, 15) is 0 Å². The molecule has 1 fully saturated rings. The smallest absolute Gasteiger partial charge is 0.142 e. The third-order valence-corrected chi connectivity index (χ3v) is 3.30. The van der Waals surface area contributed by atoms with E-state index in [0.29, 0.717) is 5.41 Å². The number of oxime groups is 1. The van der Waals surface area contributed by atoms with E-state index in [-0.39, 0.29) is 18.0 Å². The molecule has 1 saturated carbocycles. The minimum absolute atomic E-state index is 0. The van der Waals surface area contributed by atoms with Crippen molar-refractivity contribution >= 4 is 18.6 Å². The molecule has 0 radical (unpaired) electrons. The SMILES string of the molecule is CC1(C)CCC2(CC=NO2)CC1.Cl. The molecule has 0 aromatic carbocycles. The van der Waals surface area contributed by atoms with Gasteiger partial charge in [0.25, 0.3) is 0 Å². The van der Waals surface area contributed by atoms with Crippen LogP contribution in [0, 0.1) is 5.41 Å². The van der Waals surface area contributed by atoms with E-state index in [4.69, 9.17) is 4.84 Å². The van der Waals surface area contributed by atoms with Crippen LogP contribution in [-0.4, -0.2) is 11.8 Å². The molecule has 2 nitrogen and oxygen atoms in total. The Balaban J connectivity index is 0.000000845. The van der Waals surface area contributed by atoms with Crippen LogP contribution in [0.4, 0.5) is 0 Å². The van der Waals surface area contributed by atoms with Crippen LogP contribution in [0.2, 0.25) is 0 Å². The van der Waals surface area contributed by atoms with Gasteiger partial charge < -0.3 is 4.84 Å². The maximum absolute atomic E-state index is 5.44. The average molecular weight is 204 g/mol. The highest BCUT2D eigenvalue weighted by Gasteiger charge is 2.41. The Morgan fingerprint density at radius 2 is 1.77 bits per heavy atom. The van der Waals surface area contributed by atoms with Crippen LogP contribution in [-0.2, 0) is 4.84 Å². The van der Waals surface area contributed by atoms with Crippen molar-refractivity contribution in [3.8, 4) is 0 Å². The summed E-state index contributed by atoms with van der Waals surface area (Å²) in [6.45, 7) is 4.69. The molecule has 0 aromatic rings. The molecule has 3 heteroatoms. The molecule has 0 unspecified atom stereocenters. The second-order valence-electron chi connectivity index (χ2n) is 4.93. The summed E-state index contributed by atoms with van der Waals surface area (Å²) in [6, 6.07) is 0. The van der Waals surface area contributed by atoms with Crippen LogP contribution < -0.4 is 0 Å². The quantitative estimate of drug-likeness (QED) is 0.593. The van der Waals surface area contributed by atoms with Gasteiger partial charge in [-0.1, -0.05) is 19.0 Å². The lowest BCUT2D eigenvalue weighted by atomic mass is 9.70. The second-order valence-corrected chi connectivity index (χ2v) is 4.93. The summed E-state index contributed by atoms with van der Waals surface area (Å²) >= 11 is 0. The van der Waals surface area contributed by atoms with Gasteiger partial charge in [0, 0.05) is 12.6 Å². The maximum atomic E-state index is 5.44. The summed E-state index contributed by atoms with van der Waals surface area (Å²) in [5.41, 5.74) is 0.632. The fourth-order valence-electron chi connectivity index (χ4n) is 2.07. The minimum Gasteiger partial charge on any atom is -0.389 e. The molecule has 0 N–H and O–H groups in total. The van der Waals surface area contributed by atoms with Crippen molar-refractivity contribution in [1.29, 1.82) is 0 Å². The molecular formula is C10H18ClNO. The van der Waals surface area contributed by atoms with Crippen LogP contribution in [0.25, 0.3) is 0 Å². The number of rotatable bonds is 0. The Hall–Kier alpha value is -0.240. The second kappa shape index (κ2) is 3.49. The molecule has 1 heterocycles. The van der Waals surface area contributed by atoms with E-state index in [0.717, 1.165) is 6.42 Å². The van der Waals surface area contributed by atoms with Crippen molar-refractivity contribution < 1.29 is 4.84 Å². The summed E-state index contributed by atoms with van der Waals surface area (Å²) in [5, 5.41) is 3.88. The number of hydrogen-bond donors (Lipinski definition) is 0. The molecule has 0 saturated heterocycles. The number of nitrogens with zero attached hydrogens (tertiary/aromatic N) is 1. The van der Waals surface area contributed by atoms with Crippen molar-refractivity contribution in [2.45, 2.75) is 51.6 Å². The van der Waals surface area contributed by atoms with Crippen molar-refractivity contribution in [3.63, 3.8) is 0 Å². The lowest BCUT2D eigenvalue weighted by molar-refractivity contribution is -0.0653. The van der Waals surface area contributed by atoms with E-state index in [2.05, 4.69) is 19.0 Å². The molecule has 1 aliphatic carbocycles. The van der Waals surface area contributed by atoms with Crippen LogP contribution in [0.5, 0.6) is 0 Å². The summed E-state index contributed by atoms with van der Waals surface area (Å²) in [5.74, 6) is 0. The Morgan fingerprint density at radius 1 is 1.15 bits per heavy atom. The summed E-state index contributed by atoms with van der Waals surface area (Å²) in [4.78, 5) is 5.44. The van der Waals surface area contributed by atoms with Crippen molar-refractivity contribution in [3.05, 3.63) is 0 Å². The Morgan fingerprint density at radius 3 is 2.23 bits per heavy atom. The van der Waals surface area contributed by atoms with Gasteiger partial charge >= 0.3 is 0 Å². The fraction of sp³-hybridized carbons (Fsp3) is 0.900. The first-order valence-corrected chi connectivity index (χ1v) is 4.82. The van der Waals surface area contributed by atoms with Crippen LogP contribution in [0.3, 0.4) is 0 Å². The number of halogens is 1. The van der Waals surface area contributed by atoms with E-state index in [1.165, 1.54) is 25.7 Å². The molecule has 0 aromatic heterocycles. The first-order valence-electron chi connectivity index (χ1n) is 4.82. The monoisotopic (exact) mass is 203 g/mol. The van der Waals surface area contributed by atoms with Gasteiger partial charge in [-0.2, -0.15) is 0 Å². The maximum Gasteiger partial charge on any atom is 0.142 e.